The number of para-hydroxylation sites is 2. The van der Waals surface area contributed by atoms with Gasteiger partial charge >= 0.3 is 0 Å². The Labute approximate surface area is 327 Å². The van der Waals surface area contributed by atoms with Gasteiger partial charge in [-0.25, -0.2) is 0 Å². The zero-order valence-corrected chi connectivity index (χ0v) is 30.8. The van der Waals surface area contributed by atoms with E-state index >= 15 is 0 Å². The van der Waals surface area contributed by atoms with Crippen LogP contribution in [0.25, 0.3) is 82.5 Å². The SMILES string of the molecule is c1ccc(C2NC(c3ccccc3)NC(c3ccc4c(c3)oc3ccc(-c5ccc6oc7cccc(-n8c9ccccc9c9ccccc98)c7c6c5)cc34)N2)cc1. The first-order valence-electron chi connectivity index (χ1n) is 19.5. The Hall–Kier alpha value is -6.96. The molecule has 0 saturated carbocycles. The van der Waals surface area contributed by atoms with E-state index in [2.05, 4.69) is 203 Å². The molecule has 57 heavy (non-hydrogen) atoms. The van der Waals surface area contributed by atoms with Gasteiger partial charge < -0.3 is 13.4 Å². The van der Waals surface area contributed by atoms with Gasteiger partial charge in [0.1, 0.15) is 22.3 Å². The van der Waals surface area contributed by atoms with Crippen molar-refractivity contribution in [2.75, 3.05) is 0 Å². The van der Waals surface area contributed by atoms with Gasteiger partial charge in [0.05, 0.1) is 40.6 Å². The number of nitrogens with one attached hydrogen (secondary N) is 3. The molecule has 0 amide bonds. The summed E-state index contributed by atoms with van der Waals surface area (Å²) in [6.45, 7) is 0. The lowest BCUT2D eigenvalue weighted by atomic mass is 9.99. The van der Waals surface area contributed by atoms with E-state index in [-0.39, 0.29) is 18.5 Å². The number of aromatic nitrogens is 1. The van der Waals surface area contributed by atoms with E-state index in [4.69, 9.17) is 8.83 Å². The summed E-state index contributed by atoms with van der Waals surface area (Å²) >= 11 is 0. The molecule has 12 rings (SSSR count). The summed E-state index contributed by atoms with van der Waals surface area (Å²) < 4.78 is 15.4. The van der Waals surface area contributed by atoms with Gasteiger partial charge in [-0.15, -0.1) is 0 Å². The Morgan fingerprint density at radius 2 is 0.895 bits per heavy atom. The molecule has 2 atom stereocenters. The van der Waals surface area contributed by atoms with Crippen LogP contribution in [0.4, 0.5) is 0 Å². The largest absolute Gasteiger partial charge is 0.456 e. The summed E-state index contributed by atoms with van der Waals surface area (Å²) in [6.07, 6.45) is -0.197. The number of rotatable bonds is 5. The smallest absolute Gasteiger partial charge is 0.137 e. The molecule has 0 bridgehead atoms. The van der Waals surface area contributed by atoms with Crippen LogP contribution in [0.15, 0.2) is 191 Å². The Morgan fingerprint density at radius 3 is 1.54 bits per heavy atom. The fourth-order valence-corrected chi connectivity index (χ4v) is 9.02. The number of fused-ring (bicyclic) bond motifs is 9. The monoisotopic (exact) mass is 736 g/mol. The molecule has 8 aromatic carbocycles. The minimum Gasteiger partial charge on any atom is -0.456 e. The lowest BCUT2D eigenvalue weighted by Gasteiger charge is -2.39. The van der Waals surface area contributed by atoms with Crippen LogP contribution in [-0.2, 0) is 0 Å². The van der Waals surface area contributed by atoms with Crippen LogP contribution >= 0.6 is 0 Å². The van der Waals surface area contributed by atoms with Gasteiger partial charge in [0.2, 0.25) is 0 Å². The number of nitrogens with zero attached hydrogens (tertiary/aromatic N) is 1. The van der Waals surface area contributed by atoms with Gasteiger partial charge in [-0.3, -0.25) is 16.0 Å². The Balaban J connectivity index is 0.937. The second-order valence-electron chi connectivity index (χ2n) is 15.0. The van der Waals surface area contributed by atoms with Gasteiger partial charge in [0.15, 0.2) is 0 Å². The van der Waals surface area contributed by atoms with Crippen molar-refractivity contribution in [1.29, 1.82) is 0 Å². The third-order valence-corrected chi connectivity index (χ3v) is 11.7. The maximum atomic E-state index is 6.55. The first kappa shape index (κ1) is 32.3. The molecule has 3 aromatic heterocycles. The number of furan rings is 2. The van der Waals surface area contributed by atoms with Crippen molar-refractivity contribution in [3.63, 3.8) is 0 Å². The first-order chi connectivity index (χ1) is 28.2. The summed E-state index contributed by atoms with van der Waals surface area (Å²) in [6, 6.07) is 64.4. The van der Waals surface area contributed by atoms with Crippen LogP contribution in [-0.4, -0.2) is 4.57 Å². The molecule has 4 heterocycles. The van der Waals surface area contributed by atoms with E-state index in [1.165, 1.54) is 32.9 Å². The average molecular weight is 737 g/mol. The van der Waals surface area contributed by atoms with Gasteiger partial charge in [0, 0.05) is 26.9 Å². The quantitative estimate of drug-likeness (QED) is 0.164. The second-order valence-corrected chi connectivity index (χ2v) is 15.0. The molecule has 1 aliphatic rings. The highest BCUT2D eigenvalue weighted by molar-refractivity contribution is 6.15. The third kappa shape index (κ3) is 5.23. The number of hydrogen-bond donors (Lipinski definition) is 3. The molecule has 272 valence electrons. The van der Waals surface area contributed by atoms with Crippen LogP contribution in [0, 0.1) is 0 Å². The van der Waals surface area contributed by atoms with Gasteiger partial charge in [-0.2, -0.15) is 0 Å². The summed E-state index contributed by atoms with van der Waals surface area (Å²) in [5.74, 6) is 0. The van der Waals surface area contributed by atoms with Crippen molar-refractivity contribution >= 4 is 65.7 Å². The molecule has 1 fully saturated rings. The fraction of sp³-hybridized carbons (Fsp3) is 0.0588. The number of hydrogen-bond acceptors (Lipinski definition) is 5. The Morgan fingerprint density at radius 1 is 0.351 bits per heavy atom. The number of benzene rings is 8. The van der Waals surface area contributed by atoms with E-state index in [1.807, 2.05) is 0 Å². The van der Waals surface area contributed by atoms with Crippen LogP contribution < -0.4 is 16.0 Å². The van der Waals surface area contributed by atoms with Crippen LogP contribution in [0.3, 0.4) is 0 Å². The molecule has 0 radical (unpaired) electrons. The standard InChI is InChI=1S/C51H36N4O2/c1-3-12-31(13-4-1)49-52-50(32-14-5-2-6-15-32)54-51(53-49)35-22-25-38-39-28-33(23-26-44(39)57-47(38)30-35)34-24-27-45-40(29-34)48-43(20-11-21-46(48)56-45)55-41-18-9-7-16-36(41)37-17-8-10-19-42(37)55/h1-30,49-54H. The minimum atomic E-state index is -0.112. The molecule has 11 aromatic rings. The van der Waals surface area contributed by atoms with Crippen molar-refractivity contribution in [2.45, 2.75) is 18.5 Å². The zero-order chi connectivity index (χ0) is 37.5. The van der Waals surface area contributed by atoms with E-state index in [0.717, 1.165) is 66.3 Å². The molecular formula is C51H36N4O2. The lowest BCUT2D eigenvalue weighted by molar-refractivity contribution is 0.203. The summed E-state index contributed by atoms with van der Waals surface area (Å²) in [5, 5.41) is 18.2. The van der Waals surface area contributed by atoms with Crippen molar-refractivity contribution in [3.8, 4) is 16.8 Å². The molecule has 1 saturated heterocycles. The molecular weight excluding hydrogens is 701 g/mol. The normalized spacial score (nSPS) is 17.4. The molecule has 2 unspecified atom stereocenters. The molecule has 6 nitrogen and oxygen atoms in total. The Kier molecular flexibility index (Phi) is 7.25. The van der Waals surface area contributed by atoms with E-state index in [9.17, 15) is 0 Å². The molecule has 0 spiro atoms. The van der Waals surface area contributed by atoms with Gasteiger partial charge in [0.25, 0.3) is 0 Å². The second kappa shape index (κ2) is 12.8. The minimum absolute atomic E-state index is 0.0423. The van der Waals surface area contributed by atoms with Crippen LogP contribution in [0.1, 0.15) is 35.2 Å². The maximum absolute atomic E-state index is 6.55. The van der Waals surface area contributed by atoms with Crippen molar-refractivity contribution in [2.24, 2.45) is 0 Å². The maximum Gasteiger partial charge on any atom is 0.137 e. The molecule has 1 aliphatic heterocycles. The highest BCUT2D eigenvalue weighted by Gasteiger charge is 2.30. The Bertz CT molecular complexity index is 3210. The van der Waals surface area contributed by atoms with Gasteiger partial charge in [-0.1, -0.05) is 127 Å². The van der Waals surface area contributed by atoms with Crippen molar-refractivity contribution in [3.05, 3.63) is 199 Å². The predicted molar refractivity (Wildman–Crippen MR) is 231 cm³/mol. The fourth-order valence-electron chi connectivity index (χ4n) is 9.02. The van der Waals surface area contributed by atoms with Gasteiger partial charge in [-0.05, 0) is 82.4 Å². The molecule has 6 heteroatoms. The summed E-state index contributed by atoms with van der Waals surface area (Å²) in [4.78, 5) is 0. The molecule has 0 aliphatic carbocycles. The van der Waals surface area contributed by atoms with Crippen LogP contribution in [0.5, 0.6) is 0 Å². The first-order valence-corrected chi connectivity index (χ1v) is 19.5. The molecule has 3 N–H and O–H groups in total. The van der Waals surface area contributed by atoms with Crippen LogP contribution in [0.2, 0.25) is 0 Å². The van der Waals surface area contributed by atoms with E-state index < -0.39 is 0 Å². The topological polar surface area (TPSA) is 67.3 Å². The highest BCUT2D eigenvalue weighted by Crippen LogP contribution is 2.41. The zero-order valence-electron chi connectivity index (χ0n) is 30.8. The average Bonchev–Trinajstić information content (AvgIpc) is 3.95. The highest BCUT2D eigenvalue weighted by atomic mass is 16.3. The van der Waals surface area contributed by atoms with Crippen molar-refractivity contribution in [1.82, 2.24) is 20.5 Å². The predicted octanol–water partition coefficient (Wildman–Crippen LogP) is 12.4. The summed E-state index contributed by atoms with van der Waals surface area (Å²) in [7, 11) is 0. The summed E-state index contributed by atoms with van der Waals surface area (Å²) in [5.41, 5.74) is 12.7. The lowest BCUT2D eigenvalue weighted by Crippen LogP contribution is -2.54. The van der Waals surface area contributed by atoms with Crippen molar-refractivity contribution < 1.29 is 8.83 Å². The third-order valence-electron chi connectivity index (χ3n) is 11.7. The van der Waals surface area contributed by atoms with E-state index in [0.29, 0.717) is 0 Å². The van der Waals surface area contributed by atoms with E-state index in [1.54, 1.807) is 0 Å².